The van der Waals surface area contributed by atoms with Crippen molar-refractivity contribution in [2.24, 2.45) is 0 Å². The van der Waals surface area contributed by atoms with Crippen LogP contribution in [0.15, 0.2) is 28.4 Å². The molecule has 1 aliphatic carbocycles. The van der Waals surface area contributed by atoms with Gasteiger partial charge in [-0.2, -0.15) is 0 Å². The Hall–Kier alpha value is -1.55. The van der Waals surface area contributed by atoms with Crippen LogP contribution < -0.4 is 0 Å². The molecule has 0 atom stereocenters. The summed E-state index contributed by atoms with van der Waals surface area (Å²) in [5.74, 6) is -0.250. The van der Waals surface area contributed by atoms with Crippen LogP contribution in [0.1, 0.15) is 74.3 Å². The number of ether oxygens (including phenoxy) is 1. The zero-order valence-corrected chi connectivity index (χ0v) is 18.2. The first-order valence-corrected chi connectivity index (χ1v) is 10.7. The number of halogens is 1. The molecule has 0 unspecified atom stereocenters. The maximum absolute atomic E-state index is 12.4. The highest BCUT2D eigenvalue weighted by atomic mass is 79.9. The van der Waals surface area contributed by atoms with Crippen LogP contribution >= 0.6 is 15.9 Å². The van der Waals surface area contributed by atoms with Crippen molar-refractivity contribution in [1.29, 1.82) is 0 Å². The van der Waals surface area contributed by atoms with Crippen molar-refractivity contribution < 1.29 is 9.53 Å². The Balaban J connectivity index is 2.39. The summed E-state index contributed by atoms with van der Waals surface area (Å²) in [4.78, 5) is 15.7. The fourth-order valence-electron chi connectivity index (χ4n) is 3.54. The second kappa shape index (κ2) is 9.40. The molecule has 0 radical (unpaired) electrons. The molecular formula is C22H30BrNO2. The van der Waals surface area contributed by atoms with E-state index in [0.717, 1.165) is 42.3 Å². The fraction of sp³-hybridized carbons (Fsp3) is 0.500. The largest absolute Gasteiger partial charge is 0.461 e. The quantitative estimate of drug-likeness (QED) is 0.305. The van der Waals surface area contributed by atoms with Crippen molar-refractivity contribution in [2.45, 2.75) is 60.3 Å². The molecule has 1 aromatic heterocycles. The first kappa shape index (κ1) is 20.8. The number of allylic oxidation sites excluding steroid dienone is 5. The molecule has 2 rings (SSSR count). The first-order valence-electron chi connectivity index (χ1n) is 9.55. The minimum Gasteiger partial charge on any atom is -0.461 e. The predicted octanol–water partition coefficient (Wildman–Crippen LogP) is 6.29. The molecule has 0 saturated heterocycles. The summed E-state index contributed by atoms with van der Waals surface area (Å²) >= 11 is 3.59. The van der Waals surface area contributed by atoms with E-state index in [1.54, 1.807) is 0 Å². The van der Waals surface area contributed by atoms with Crippen molar-refractivity contribution in [2.75, 3.05) is 11.9 Å². The van der Waals surface area contributed by atoms with Gasteiger partial charge in [0.1, 0.15) is 5.69 Å². The van der Waals surface area contributed by atoms with Gasteiger partial charge < -0.3 is 9.72 Å². The lowest BCUT2D eigenvalue weighted by Gasteiger charge is -2.04. The molecule has 0 aliphatic heterocycles. The topological polar surface area (TPSA) is 42.1 Å². The summed E-state index contributed by atoms with van der Waals surface area (Å²) in [5, 5.41) is 0.865. The van der Waals surface area contributed by atoms with E-state index in [-0.39, 0.29) is 5.97 Å². The van der Waals surface area contributed by atoms with Crippen molar-refractivity contribution in [1.82, 2.24) is 4.98 Å². The molecule has 0 aromatic carbocycles. The van der Waals surface area contributed by atoms with Crippen molar-refractivity contribution in [3.8, 4) is 0 Å². The Bertz CT molecular complexity index is 765. The molecule has 4 heteroatoms. The third kappa shape index (κ3) is 4.22. The molecule has 3 nitrogen and oxygen atoms in total. The highest BCUT2D eigenvalue weighted by Crippen LogP contribution is 2.35. The van der Waals surface area contributed by atoms with Gasteiger partial charge in [-0.3, -0.25) is 0 Å². The van der Waals surface area contributed by atoms with Gasteiger partial charge in [0.15, 0.2) is 0 Å². The number of carbonyl (C=O) groups is 1. The molecule has 142 valence electrons. The van der Waals surface area contributed by atoms with E-state index in [9.17, 15) is 4.79 Å². The zero-order chi connectivity index (χ0) is 19.3. The lowest BCUT2D eigenvalue weighted by molar-refractivity contribution is 0.0492. The molecule has 1 heterocycles. The lowest BCUT2D eigenvalue weighted by Crippen LogP contribution is -2.08. The summed E-state index contributed by atoms with van der Waals surface area (Å²) in [6.07, 6.45) is 8.24. The van der Waals surface area contributed by atoms with Gasteiger partial charge in [-0.15, -0.1) is 0 Å². The van der Waals surface area contributed by atoms with Crippen LogP contribution in [0.5, 0.6) is 0 Å². The van der Waals surface area contributed by atoms with Crippen LogP contribution in [0.3, 0.4) is 0 Å². The molecule has 1 aromatic rings. The lowest BCUT2D eigenvalue weighted by atomic mass is 10.0. The average molecular weight is 420 g/mol. The van der Waals surface area contributed by atoms with E-state index in [0.29, 0.717) is 12.3 Å². The van der Waals surface area contributed by atoms with Gasteiger partial charge in [0.05, 0.1) is 6.61 Å². The molecule has 26 heavy (non-hydrogen) atoms. The summed E-state index contributed by atoms with van der Waals surface area (Å²) in [5.41, 5.74) is 9.09. The number of aromatic amines is 1. The second-order valence-corrected chi connectivity index (χ2v) is 7.28. The number of esters is 1. The standard InChI is InChI=1S/C22H30BrNO2/c1-6-9-10-26-22(25)21-15(5)19(8-3)20(24-21)12-16-11-17(13-23)18(7-2)14(16)4/h11-12,24H,6-10,13H2,1-5H3/b16-12+. The van der Waals surface area contributed by atoms with Crippen LogP contribution in [0.4, 0.5) is 0 Å². The molecule has 1 N–H and O–H groups in total. The smallest absolute Gasteiger partial charge is 0.355 e. The number of rotatable bonds is 8. The normalized spacial score (nSPS) is 15.8. The summed E-state index contributed by atoms with van der Waals surface area (Å²) < 4.78 is 5.40. The number of aromatic nitrogens is 1. The molecule has 0 saturated carbocycles. The van der Waals surface area contributed by atoms with Crippen molar-refractivity contribution in [3.63, 3.8) is 0 Å². The fourth-order valence-corrected chi connectivity index (χ4v) is 4.04. The van der Waals surface area contributed by atoms with Gasteiger partial charge in [-0.1, -0.05) is 49.2 Å². The average Bonchev–Trinajstić information content (AvgIpc) is 3.11. The molecule has 1 aliphatic rings. The minimum atomic E-state index is -0.250. The number of alkyl halides is 1. The second-order valence-electron chi connectivity index (χ2n) is 6.72. The molecule has 0 fully saturated rings. The van der Waals surface area contributed by atoms with Gasteiger partial charge in [-0.05, 0) is 72.6 Å². The van der Waals surface area contributed by atoms with Gasteiger partial charge in [0.2, 0.25) is 0 Å². The molecular weight excluding hydrogens is 390 g/mol. The Labute approximate surface area is 165 Å². The summed E-state index contributed by atoms with van der Waals surface area (Å²) in [6.45, 7) is 11.1. The van der Waals surface area contributed by atoms with E-state index in [1.165, 1.54) is 27.9 Å². The van der Waals surface area contributed by atoms with E-state index < -0.39 is 0 Å². The molecule has 0 bridgehead atoms. The third-order valence-corrected chi connectivity index (χ3v) is 5.71. The van der Waals surface area contributed by atoms with Gasteiger partial charge >= 0.3 is 5.97 Å². The van der Waals surface area contributed by atoms with Gasteiger partial charge in [0.25, 0.3) is 0 Å². The Kier molecular flexibility index (Phi) is 7.51. The van der Waals surface area contributed by atoms with E-state index in [2.05, 4.69) is 60.8 Å². The van der Waals surface area contributed by atoms with Crippen LogP contribution in [0.2, 0.25) is 0 Å². The van der Waals surface area contributed by atoms with E-state index in [4.69, 9.17) is 4.74 Å². The predicted molar refractivity (Wildman–Crippen MR) is 113 cm³/mol. The summed E-state index contributed by atoms with van der Waals surface area (Å²) in [6, 6.07) is 0. The Morgan fingerprint density at radius 2 is 1.96 bits per heavy atom. The summed E-state index contributed by atoms with van der Waals surface area (Å²) in [7, 11) is 0. The van der Waals surface area contributed by atoms with Crippen LogP contribution in [0.25, 0.3) is 6.08 Å². The van der Waals surface area contributed by atoms with Crippen molar-refractivity contribution in [3.05, 3.63) is 50.9 Å². The molecule has 0 amide bonds. The number of hydrogen-bond acceptors (Lipinski definition) is 2. The Morgan fingerprint density at radius 3 is 2.50 bits per heavy atom. The third-order valence-electron chi connectivity index (χ3n) is 5.10. The van der Waals surface area contributed by atoms with Crippen LogP contribution in [0, 0.1) is 6.92 Å². The van der Waals surface area contributed by atoms with Crippen LogP contribution in [-0.4, -0.2) is 22.9 Å². The van der Waals surface area contributed by atoms with E-state index >= 15 is 0 Å². The van der Waals surface area contributed by atoms with Gasteiger partial charge in [0, 0.05) is 11.0 Å². The number of unbranched alkanes of at least 4 members (excludes halogenated alkanes) is 1. The maximum Gasteiger partial charge on any atom is 0.355 e. The number of nitrogens with one attached hydrogen (secondary N) is 1. The first-order chi connectivity index (χ1) is 12.5. The van der Waals surface area contributed by atoms with E-state index in [1.807, 2.05) is 6.92 Å². The number of carbonyl (C=O) groups excluding carboxylic acids is 1. The number of hydrogen-bond donors (Lipinski definition) is 1. The monoisotopic (exact) mass is 419 g/mol. The Morgan fingerprint density at radius 1 is 1.23 bits per heavy atom. The zero-order valence-electron chi connectivity index (χ0n) is 16.6. The highest BCUT2D eigenvalue weighted by molar-refractivity contribution is 9.09. The molecule has 0 spiro atoms. The maximum atomic E-state index is 12.4. The van der Waals surface area contributed by atoms with Crippen LogP contribution in [-0.2, 0) is 11.2 Å². The SMILES string of the molecule is CCCCOC(=O)c1[nH]c(/C=C2\C=C(CBr)C(CC)=C2C)c(CC)c1C. The van der Waals surface area contributed by atoms with Gasteiger partial charge in [-0.25, -0.2) is 4.79 Å². The highest BCUT2D eigenvalue weighted by Gasteiger charge is 2.21. The number of H-pyrrole nitrogens is 1. The minimum absolute atomic E-state index is 0.250. The van der Waals surface area contributed by atoms with Crippen molar-refractivity contribution >= 4 is 28.0 Å².